The number of pyridine rings is 1. The maximum absolute atomic E-state index is 13.4. The number of aryl methyl sites for hydroxylation is 1. The van der Waals surface area contributed by atoms with Crippen molar-refractivity contribution in [3.8, 4) is 0 Å². The lowest BCUT2D eigenvalue weighted by Gasteiger charge is -2.21. The highest BCUT2D eigenvalue weighted by molar-refractivity contribution is 6.37. The second kappa shape index (κ2) is 7.60. The summed E-state index contributed by atoms with van der Waals surface area (Å²) in [5, 5.41) is 5.44. The first-order chi connectivity index (χ1) is 14.4. The Balaban J connectivity index is 1.86. The molecule has 8 nitrogen and oxygen atoms in total. The number of methoxy groups -OCH3 is 2. The van der Waals surface area contributed by atoms with Gasteiger partial charge >= 0.3 is 11.9 Å². The summed E-state index contributed by atoms with van der Waals surface area (Å²) >= 11 is 6.44. The summed E-state index contributed by atoms with van der Waals surface area (Å²) in [7, 11) is 2.44. The zero-order valence-corrected chi connectivity index (χ0v) is 17.3. The number of aromatic nitrogens is 2. The van der Waals surface area contributed by atoms with E-state index in [4.69, 9.17) is 25.6 Å². The normalized spacial score (nSPS) is 18.4. The highest BCUT2D eigenvalue weighted by Gasteiger charge is 2.39. The van der Waals surface area contributed by atoms with Crippen molar-refractivity contribution < 1.29 is 23.6 Å². The average Bonchev–Trinajstić information content (AvgIpc) is 3.35. The number of ether oxygens (including phenoxy) is 2. The van der Waals surface area contributed by atoms with Gasteiger partial charge in [-0.1, -0.05) is 35.0 Å². The molecule has 0 N–H and O–H groups in total. The average molecular weight is 431 g/mol. The Morgan fingerprint density at radius 3 is 2.57 bits per heavy atom. The number of carbonyl (C=O) groups excluding carboxylic acids is 2. The number of hydrogen-bond acceptors (Lipinski definition) is 7. The molecule has 0 saturated carbocycles. The molecule has 9 heteroatoms. The summed E-state index contributed by atoms with van der Waals surface area (Å²) in [6.07, 6.45) is 3.89. The minimum atomic E-state index is -1.10. The van der Waals surface area contributed by atoms with E-state index in [9.17, 15) is 14.4 Å². The lowest BCUT2D eigenvalue weighted by atomic mass is 9.91. The number of esters is 2. The SMILES string of the molecule is COC(=O)C(C(=O)OC)[C@@H]1C=C[C@H](n2c(=O)c3c(C)onc3c3c(Cl)cccc32)C1. The van der Waals surface area contributed by atoms with Gasteiger partial charge in [-0.25, -0.2) is 0 Å². The third-order valence-electron chi connectivity index (χ3n) is 5.55. The van der Waals surface area contributed by atoms with Gasteiger partial charge in [-0.05, 0) is 25.5 Å². The monoisotopic (exact) mass is 430 g/mol. The molecule has 0 bridgehead atoms. The predicted molar refractivity (Wildman–Crippen MR) is 109 cm³/mol. The Morgan fingerprint density at radius 1 is 1.20 bits per heavy atom. The third kappa shape index (κ3) is 2.99. The largest absolute Gasteiger partial charge is 0.468 e. The van der Waals surface area contributed by atoms with Crippen molar-refractivity contribution >= 4 is 45.3 Å². The van der Waals surface area contributed by atoms with Crippen LogP contribution < -0.4 is 5.56 Å². The molecule has 0 spiro atoms. The van der Waals surface area contributed by atoms with Gasteiger partial charge in [0.15, 0.2) is 5.92 Å². The maximum atomic E-state index is 13.4. The van der Waals surface area contributed by atoms with Crippen LogP contribution in [0, 0.1) is 18.8 Å². The zero-order valence-electron chi connectivity index (χ0n) is 16.5. The van der Waals surface area contributed by atoms with E-state index in [-0.39, 0.29) is 5.56 Å². The van der Waals surface area contributed by atoms with Crippen LogP contribution in [-0.4, -0.2) is 35.9 Å². The molecular formula is C21H19ClN2O6. The number of hydrogen-bond donors (Lipinski definition) is 0. The third-order valence-corrected chi connectivity index (χ3v) is 5.86. The summed E-state index contributed by atoms with van der Waals surface area (Å²) in [6.45, 7) is 1.67. The molecule has 30 heavy (non-hydrogen) atoms. The number of nitrogens with zero attached hydrogens (tertiary/aromatic N) is 2. The first-order valence-corrected chi connectivity index (χ1v) is 9.69. The Kier molecular flexibility index (Phi) is 5.11. The summed E-state index contributed by atoms with van der Waals surface area (Å²) in [6, 6.07) is 4.85. The van der Waals surface area contributed by atoms with E-state index in [1.165, 1.54) is 14.2 Å². The van der Waals surface area contributed by atoms with Crippen LogP contribution in [0.4, 0.5) is 0 Å². The van der Waals surface area contributed by atoms with Gasteiger partial charge in [0, 0.05) is 11.3 Å². The maximum Gasteiger partial charge on any atom is 0.320 e. The van der Waals surface area contributed by atoms with Crippen LogP contribution in [0.15, 0.2) is 39.7 Å². The van der Waals surface area contributed by atoms with Crippen molar-refractivity contribution in [1.29, 1.82) is 0 Å². The van der Waals surface area contributed by atoms with Gasteiger partial charge in [0.1, 0.15) is 16.7 Å². The molecule has 1 aliphatic carbocycles. The molecule has 0 saturated heterocycles. The molecule has 0 unspecified atom stereocenters. The van der Waals surface area contributed by atoms with Crippen molar-refractivity contribution in [2.75, 3.05) is 14.2 Å². The topological polar surface area (TPSA) is 101 Å². The fourth-order valence-corrected chi connectivity index (χ4v) is 4.41. The molecule has 3 aromatic rings. The summed E-state index contributed by atoms with van der Waals surface area (Å²) < 4.78 is 16.4. The van der Waals surface area contributed by atoms with E-state index < -0.39 is 29.8 Å². The fraction of sp³-hybridized carbons (Fsp3) is 0.333. The molecule has 0 fully saturated rings. The number of fused-ring (bicyclic) bond motifs is 3. The van der Waals surface area contributed by atoms with Gasteiger partial charge in [-0.15, -0.1) is 0 Å². The summed E-state index contributed by atoms with van der Waals surface area (Å²) in [5.41, 5.74) is 0.729. The Labute approximate surface area is 176 Å². The number of rotatable bonds is 4. The van der Waals surface area contributed by atoms with Crippen LogP contribution >= 0.6 is 11.6 Å². The van der Waals surface area contributed by atoms with Crippen molar-refractivity contribution in [2.45, 2.75) is 19.4 Å². The molecule has 0 aliphatic heterocycles. The van der Waals surface area contributed by atoms with Gasteiger partial charge in [-0.3, -0.25) is 14.4 Å². The molecule has 4 rings (SSSR count). The van der Waals surface area contributed by atoms with Crippen LogP contribution in [0.2, 0.25) is 5.02 Å². The van der Waals surface area contributed by atoms with Crippen LogP contribution in [0.5, 0.6) is 0 Å². The van der Waals surface area contributed by atoms with Crippen molar-refractivity contribution in [1.82, 2.24) is 9.72 Å². The lowest BCUT2D eigenvalue weighted by Crippen LogP contribution is -2.33. The van der Waals surface area contributed by atoms with E-state index in [2.05, 4.69) is 5.16 Å². The van der Waals surface area contributed by atoms with Crippen LogP contribution in [0.1, 0.15) is 18.2 Å². The fourth-order valence-electron chi connectivity index (χ4n) is 4.15. The van der Waals surface area contributed by atoms with Crippen LogP contribution in [0.25, 0.3) is 21.8 Å². The van der Waals surface area contributed by atoms with Crippen LogP contribution in [-0.2, 0) is 19.1 Å². The quantitative estimate of drug-likeness (QED) is 0.356. The van der Waals surface area contributed by atoms with Gasteiger partial charge < -0.3 is 18.6 Å². The number of benzene rings is 1. The highest BCUT2D eigenvalue weighted by Crippen LogP contribution is 2.37. The first-order valence-electron chi connectivity index (χ1n) is 9.31. The second-order valence-corrected chi connectivity index (χ2v) is 7.55. The minimum absolute atomic E-state index is 0.276. The van der Waals surface area contributed by atoms with E-state index in [0.717, 1.165) is 0 Å². The van der Waals surface area contributed by atoms with Crippen LogP contribution in [0.3, 0.4) is 0 Å². The number of allylic oxidation sites excluding steroid dienone is 2. The number of halogens is 1. The van der Waals surface area contributed by atoms with Crippen molar-refractivity contribution in [3.63, 3.8) is 0 Å². The molecule has 156 valence electrons. The van der Waals surface area contributed by atoms with Gasteiger partial charge in [-0.2, -0.15) is 0 Å². The summed E-state index contributed by atoms with van der Waals surface area (Å²) in [5.74, 6) is -2.54. The van der Waals surface area contributed by atoms with Crippen molar-refractivity contribution in [3.05, 3.63) is 51.5 Å². The molecule has 0 amide bonds. The van der Waals surface area contributed by atoms with Gasteiger partial charge in [0.2, 0.25) is 0 Å². The second-order valence-electron chi connectivity index (χ2n) is 7.15. The minimum Gasteiger partial charge on any atom is -0.468 e. The van der Waals surface area contributed by atoms with Gasteiger partial charge in [0.05, 0.1) is 30.8 Å². The molecule has 2 heterocycles. The van der Waals surface area contributed by atoms with E-state index in [0.29, 0.717) is 39.0 Å². The standard InChI is InChI=1S/C21H19ClN2O6/c1-10-15-18(23-30-10)17-13(22)5-4-6-14(17)24(19(15)25)12-8-7-11(9-12)16(20(26)28-2)21(27)29-3/h4-8,11-12,16H,9H2,1-3H3/t11-,12+/m1/s1. The van der Waals surface area contributed by atoms with E-state index in [1.54, 1.807) is 41.8 Å². The molecular weight excluding hydrogens is 412 g/mol. The van der Waals surface area contributed by atoms with E-state index in [1.807, 2.05) is 0 Å². The Hall–Kier alpha value is -3.13. The van der Waals surface area contributed by atoms with Gasteiger partial charge in [0.25, 0.3) is 5.56 Å². The molecule has 2 atom stereocenters. The predicted octanol–water partition coefficient (Wildman–Crippen LogP) is 3.18. The molecule has 1 aromatic carbocycles. The first kappa shape index (κ1) is 20.2. The smallest absolute Gasteiger partial charge is 0.320 e. The highest BCUT2D eigenvalue weighted by atomic mass is 35.5. The van der Waals surface area contributed by atoms with Crippen molar-refractivity contribution in [2.24, 2.45) is 11.8 Å². The number of carbonyl (C=O) groups is 2. The lowest BCUT2D eigenvalue weighted by molar-refractivity contribution is -0.160. The Bertz CT molecular complexity index is 1240. The zero-order chi connectivity index (χ0) is 21.6. The molecule has 0 radical (unpaired) electrons. The molecule has 1 aliphatic rings. The summed E-state index contributed by atoms with van der Waals surface area (Å²) in [4.78, 5) is 37.8. The van der Waals surface area contributed by atoms with E-state index >= 15 is 0 Å². The molecule has 2 aromatic heterocycles. The Morgan fingerprint density at radius 2 is 1.90 bits per heavy atom.